The van der Waals surface area contributed by atoms with E-state index in [2.05, 4.69) is 0 Å². The Kier molecular flexibility index (Phi) is 2.46. The summed E-state index contributed by atoms with van der Waals surface area (Å²) in [6, 6.07) is 5.72. The highest BCUT2D eigenvalue weighted by Gasteiger charge is 2.69. The molecule has 1 heterocycles. The molecule has 1 aliphatic carbocycles. The fraction of sp³-hybridized carbons (Fsp3) is 0.467. The lowest BCUT2D eigenvalue weighted by atomic mass is 9.90. The lowest BCUT2D eigenvalue weighted by molar-refractivity contribution is -0.150. The zero-order valence-corrected chi connectivity index (χ0v) is 11.4. The number of benzene rings is 1. The lowest BCUT2D eigenvalue weighted by Gasteiger charge is -2.33. The van der Waals surface area contributed by atoms with E-state index in [1.165, 1.54) is 0 Å². The first-order chi connectivity index (χ1) is 9.04. The third kappa shape index (κ3) is 1.40. The number of aryl methyl sites for hydroxylation is 1. The van der Waals surface area contributed by atoms with E-state index in [-0.39, 0.29) is 17.8 Å². The number of hydrogen-bond donors (Lipinski definition) is 0. The average Bonchev–Trinajstić information content (AvgIpc) is 3.13. The molecule has 0 radical (unpaired) electrons. The summed E-state index contributed by atoms with van der Waals surface area (Å²) < 4.78 is 5.17. The van der Waals surface area contributed by atoms with Crippen LogP contribution >= 0.6 is 0 Å². The van der Waals surface area contributed by atoms with Crippen LogP contribution in [0.25, 0.3) is 0 Å². The number of nitrogens with zero attached hydrogens (tertiary/aromatic N) is 1. The highest BCUT2D eigenvalue weighted by Crippen LogP contribution is 2.60. The summed E-state index contributed by atoms with van der Waals surface area (Å²) in [5.41, 5.74) is 2.07. The van der Waals surface area contributed by atoms with Gasteiger partial charge in [0.1, 0.15) is 5.54 Å². The summed E-state index contributed by atoms with van der Waals surface area (Å²) in [4.78, 5) is 26.2. The van der Waals surface area contributed by atoms with Gasteiger partial charge in [0.15, 0.2) is 0 Å². The molecule has 1 amide bonds. The van der Waals surface area contributed by atoms with Crippen LogP contribution < -0.4 is 0 Å². The van der Waals surface area contributed by atoms with E-state index in [4.69, 9.17) is 4.74 Å². The molecule has 1 saturated carbocycles. The Morgan fingerprint density at radius 1 is 1.53 bits per heavy atom. The van der Waals surface area contributed by atoms with Crippen molar-refractivity contribution in [3.63, 3.8) is 0 Å². The molecule has 4 heteroatoms. The highest BCUT2D eigenvalue weighted by molar-refractivity contribution is 6.05. The number of likely N-dealkylation sites (N-methyl/N-ethyl adjacent to an activating group) is 1. The summed E-state index contributed by atoms with van der Waals surface area (Å²) in [7, 11) is 1.70. The standard InChI is InChI=1S/C15H17NO3/c1-4-19-14(18)15-8-11(15)12-9(2)6-5-7-10(12)13(17)16(15)3/h5-7,11H,4,8H2,1-3H3. The molecule has 2 atom stereocenters. The Labute approximate surface area is 112 Å². The van der Waals surface area contributed by atoms with Crippen LogP contribution in [0.15, 0.2) is 18.2 Å². The predicted octanol–water partition coefficient (Wildman–Crippen LogP) is 1.87. The highest BCUT2D eigenvalue weighted by atomic mass is 16.5. The number of hydrogen-bond acceptors (Lipinski definition) is 3. The first kappa shape index (κ1) is 12.2. The van der Waals surface area contributed by atoms with E-state index >= 15 is 0 Å². The van der Waals surface area contributed by atoms with Crippen molar-refractivity contribution in [1.82, 2.24) is 4.90 Å². The van der Waals surface area contributed by atoms with Crippen molar-refractivity contribution in [2.45, 2.75) is 31.7 Å². The Morgan fingerprint density at radius 2 is 2.26 bits per heavy atom. The quantitative estimate of drug-likeness (QED) is 0.762. The van der Waals surface area contributed by atoms with Crippen LogP contribution in [0.5, 0.6) is 0 Å². The molecule has 1 fully saturated rings. The molecule has 1 aromatic rings. The van der Waals surface area contributed by atoms with Crippen LogP contribution in [-0.4, -0.2) is 36.0 Å². The monoisotopic (exact) mass is 259 g/mol. The topological polar surface area (TPSA) is 46.6 Å². The number of rotatable bonds is 2. The minimum absolute atomic E-state index is 0.0829. The van der Waals surface area contributed by atoms with E-state index in [1.807, 2.05) is 25.1 Å². The molecule has 2 unspecified atom stereocenters. The number of amides is 1. The van der Waals surface area contributed by atoms with Gasteiger partial charge in [-0.15, -0.1) is 0 Å². The van der Waals surface area contributed by atoms with Gasteiger partial charge in [0, 0.05) is 18.5 Å². The van der Waals surface area contributed by atoms with Crippen molar-refractivity contribution in [3.8, 4) is 0 Å². The van der Waals surface area contributed by atoms with Gasteiger partial charge >= 0.3 is 5.97 Å². The van der Waals surface area contributed by atoms with Crippen LogP contribution in [0.1, 0.15) is 40.7 Å². The van der Waals surface area contributed by atoms with Gasteiger partial charge < -0.3 is 9.64 Å². The van der Waals surface area contributed by atoms with Gasteiger partial charge in [0.2, 0.25) is 0 Å². The van der Waals surface area contributed by atoms with E-state index in [0.717, 1.165) is 16.7 Å². The first-order valence-electron chi connectivity index (χ1n) is 6.59. The zero-order chi connectivity index (χ0) is 13.8. The lowest BCUT2D eigenvalue weighted by Crippen LogP contribution is -2.49. The molecule has 0 aromatic heterocycles. The van der Waals surface area contributed by atoms with Crippen molar-refractivity contribution in [2.24, 2.45) is 0 Å². The molecule has 1 aliphatic heterocycles. The van der Waals surface area contributed by atoms with Crippen molar-refractivity contribution in [2.75, 3.05) is 13.7 Å². The normalized spacial score (nSPS) is 27.6. The maximum absolute atomic E-state index is 12.4. The summed E-state index contributed by atoms with van der Waals surface area (Å²) in [5.74, 6) is -0.268. The SMILES string of the molecule is CCOC(=O)C12CC1c1c(C)cccc1C(=O)N2C. The first-order valence-corrected chi connectivity index (χ1v) is 6.59. The van der Waals surface area contributed by atoms with E-state index in [0.29, 0.717) is 13.0 Å². The molecule has 0 spiro atoms. The van der Waals surface area contributed by atoms with Crippen LogP contribution in [0.4, 0.5) is 0 Å². The molecule has 0 bridgehead atoms. The molecular formula is C15H17NO3. The van der Waals surface area contributed by atoms with Gasteiger partial charge in [0.05, 0.1) is 6.61 Å². The second-order valence-corrected chi connectivity index (χ2v) is 5.30. The summed E-state index contributed by atoms with van der Waals surface area (Å²) in [6.07, 6.45) is 0.673. The van der Waals surface area contributed by atoms with Gasteiger partial charge in [-0.05, 0) is 37.5 Å². The van der Waals surface area contributed by atoms with Gasteiger partial charge in [-0.25, -0.2) is 4.79 Å². The molecular weight excluding hydrogens is 242 g/mol. The number of ether oxygens (including phenoxy) is 1. The third-order valence-electron chi connectivity index (χ3n) is 4.37. The Bertz CT molecular complexity index is 581. The Balaban J connectivity index is 2.10. The van der Waals surface area contributed by atoms with Crippen LogP contribution in [-0.2, 0) is 9.53 Å². The van der Waals surface area contributed by atoms with E-state index in [1.54, 1.807) is 18.9 Å². The third-order valence-corrected chi connectivity index (χ3v) is 4.37. The van der Waals surface area contributed by atoms with Crippen LogP contribution in [0, 0.1) is 6.92 Å². The molecule has 100 valence electrons. The van der Waals surface area contributed by atoms with Crippen molar-refractivity contribution in [3.05, 3.63) is 34.9 Å². The summed E-state index contributed by atoms with van der Waals surface area (Å²) in [6.45, 7) is 4.12. The van der Waals surface area contributed by atoms with Gasteiger partial charge in [0.25, 0.3) is 5.91 Å². The minimum Gasteiger partial charge on any atom is -0.464 e. The number of fused-ring (bicyclic) bond motifs is 3. The maximum atomic E-state index is 12.4. The van der Waals surface area contributed by atoms with Crippen LogP contribution in [0.3, 0.4) is 0 Å². The van der Waals surface area contributed by atoms with E-state index in [9.17, 15) is 9.59 Å². The Morgan fingerprint density at radius 3 is 2.95 bits per heavy atom. The minimum atomic E-state index is -0.758. The van der Waals surface area contributed by atoms with Crippen molar-refractivity contribution in [1.29, 1.82) is 0 Å². The molecule has 1 aromatic carbocycles. The van der Waals surface area contributed by atoms with E-state index < -0.39 is 5.54 Å². The van der Waals surface area contributed by atoms with Gasteiger partial charge in [-0.1, -0.05) is 12.1 Å². The second-order valence-electron chi connectivity index (χ2n) is 5.30. The number of carbonyl (C=O) groups is 2. The predicted molar refractivity (Wildman–Crippen MR) is 70.0 cm³/mol. The maximum Gasteiger partial charge on any atom is 0.332 e. The van der Waals surface area contributed by atoms with Gasteiger partial charge in [-0.3, -0.25) is 4.79 Å². The smallest absolute Gasteiger partial charge is 0.332 e. The number of esters is 1. The summed E-state index contributed by atoms with van der Waals surface area (Å²) in [5, 5.41) is 0. The van der Waals surface area contributed by atoms with Crippen LogP contribution in [0.2, 0.25) is 0 Å². The molecule has 19 heavy (non-hydrogen) atoms. The average molecular weight is 259 g/mol. The Hall–Kier alpha value is -1.84. The molecule has 4 nitrogen and oxygen atoms in total. The molecule has 0 N–H and O–H groups in total. The molecule has 3 rings (SSSR count). The van der Waals surface area contributed by atoms with Crippen molar-refractivity contribution >= 4 is 11.9 Å². The fourth-order valence-corrected chi connectivity index (χ4v) is 3.27. The molecule has 2 aliphatic rings. The molecule has 0 saturated heterocycles. The zero-order valence-electron chi connectivity index (χ0n) is 11.4. The second kappa shape index (κ2) is 3.83. The number of carbonyl (C=O) groups excluding carboxylic acids is 2. The fourth-order valence-electron chi connectivity index (χ4n) is 3.27. The van der Waals surface area contributed by atoms with Gasteiger partial charge in [-0.2, -0.15) is 0 Å². The largest absolute Gasteiger partial charge is 0.464 e. The summed E-state index contributed by atoms with van der Waals surface area (Å²) >= 11 is 0. The van der Waals surface area contributed by atoms with Crippen molar-refractivity contribution < 1.29 is 14.3 Å².